The van der Waals surface area contributed by atoms with Crippen molar-refractivity contribution in [1.82, 2.24) is 4.90 Å². The minimum absolute atomic E-state index is 0.0828. The van der Waals surface area contributed by atoms with Crippen molar-refractivity contribution in [1.29, 1.82) is 5.26 Å². The number of hydrogen-bond acceptors (Lipinski definition) is 4. The van der Waals surface area contributed by atoms with Crippen molar-refractivity contribution in [2.75, 3.05) is 26.2 Å². The Morgan fingerprint density at radius 2 is 2.00 bits per heavy atom. The number of nitriles is 1. The first-order valence-electron chi connectivity index (χ1n) is 7.94. The zero-order valence-electron chi connectivity index (χ0n) is 13.2. The first-order chi connectivity index (χ1) is 11.7. The molecule has 0 bridgehead atoms. The summed E-state index contributed by atoms with van der Waals surface area (Å²) in [4.78, 5) is 2.18. The molecule has 2 unspecified atom stereocenters. The molecular weight excluding hydrogens is 324 g/mol. The Labute approximate surface area is 146 Å². The molecule has 3 rings (SSSR count). The van der Waals surface area contributed by atoms with E-state index < -0.39 is 6.10 Å². The standard InChI is InChI=1S/C19H19ClN2O2/c20-17-4-2-1-3-16(17)19-13-22(9-10-24-19)12-18(23)15-7-5-14(11-21)6-8-15/h1-8,18-19,23H,9-10,12-13H2. The first-order valence-corrected chi connectivity index (χ1v) is 8.31. The fourth-order valence-corrected chi connectivity index (χ4v) is 3.18. The first kappa shape index (κ1) is 16.9. The fraction of sp³-hybridized carbons (Fsp3) is 0.316. The molecule has 1 N–H and O–H groups in total. The molecule has 0 saturated carbocycles. The number of benzene rings is 2. The van der Waals surface area contributed by atoms with Gasteiger partial charge in [0.1, 0.15) is 0 Å². The Hall–Kier alpha value is -1.90. The quantitative estimate of drug-likeness (QED) is 0.926. The lowest BCUT2D eigenvalue weighted by molar-refractivity contribution is -0.0423. The van der Waals surface area contributed by atoms with Crippen LogP contribution in [0, 0.1) is 11.3 Å². The van der Waals surface area contributed by atoms with Gasteiger partial charge in [-0.1, -0.05) is 41.9 Å². The van der Waals surface area contributed by atoms with E-state index in [-0.39, 0.29) is 6.10 Å². The van der Waals surface area contributed by atoms with Crippen LogP contribution in [0.25, 0.3) is 0 Å². The zero-order chi connectivity index (χ0) is 16.9. The monoisotopic (exact) mass is 342 g/mol. The molecule has 1 aliphatic heterocycles. The van der Waals surface area contributed by atoms with E-state index in [0.717, 1.165) is 17.7 Å². The minimum Gasteiger partial charge on any atom is -0.387 e. The number of aliphatic hydroxyl groups is 1. The summed E-state index contributed by atoms with van der Waals surface area (Å²) in [6, 6.07) is 16.8. The van der Waals surface area contributed by atoms with Gasteiger partial charge in [0, 0.05) is 30.2 Å². The van der Waals surface area contributed by atoms with Gasteiger partial charge < -0.3 is 9.84 Å². The number of nitrogens with zero attached hydrogens (tertiary/aromatic N) is 2. The van der Waals surface area contributed by atoms with Crippen molar-refractivity contribution < 1.29 is 9.84 Å². The van der Waals surface area contributed by atoms with Crippen LogP contribution in [0.15, 0.2) is 48.5 Å². The minimum atomic E-state index is -0.595. The van der Waals surface area contributed by atoms with Gasteiger partial charge in [0.15, 0.2) is 0 Å². The van der Waals surface area contributed by atoms with E-state index in [1.807, 2.05) is 24.3 Å². The Balaban J connectivity index is 1.64. The zero-order valence-corrected chi connectivity index (χ0v) is 14.0. The Bertz CT molecular complexity index is 727. The highest BCUT2D eigenvalue weighted by molar-refractivity contribution is 6.31. The maximum atomic E-state index is 10.5. The molecule has 1 aliphatic rings. The average molecular weight is 343 g/mol. The van der Waals surface area contributed by atoms with Crippen LogP contribution in [0.2, 0.25) is 5.02 Å². The molecule has 2 atom stereocenters. The molecule has 1 fully saturated rings. The summed E-state index contributed by atoms with van der Waals surface area (Å²) < 4.78 is 5.85. The van der Waals surface area contributed by atoms with Gasteiger partial charge in [0.2, 0.25) is 0 Å². The van der Waals surface area contributed by atoms with Gasteiger partial charge in [-0.2, -0.15) is 5.26 Å². The largest absolute Gasteiger partial charge is 0.387 e. The lowest BCUT2D eigenvalue weighted by Crippen LogP contribution is -2.40. The highest BCUT2D eigenvalue weighted by Crippen LogP contribution is 2.29. The fourth-order valence-electron chi connectivity index (χ4n) is 2.92. The average Bonchev–Trinajstić information content (AvgIpc) is 2.62. The topological polar surface area (TPSA) is 56.5 Å². The van der Waals surface area contributed by atoms with E-state index in [1.165, 1.54) is 0 Å². The van der Waals surface area contributed by atoms with Crippen molar-refractivity contribution in [2.45, 2.75) is 12.2 Å². The third-order valence-electron chi connectivity index (χ3n) is 4.26. The predicted octanol–water partition coefficient (Wildman–Crippen LogP) is 3.32. The predicted molar refractivity (Wildman–Crippen MR) is 92.7 cm³/mol. The molecule has 1 heterocycles. The molecule has 0 amide bonds. The van der Waals surface area contributed by atoms with E-state index in [9.17, 15) is 5.11 Å². The second-order valence-corrected chi connectivity index (χ2v) is 6.30. The summed E-state index contributed by atoms with van der Waals surface area (Å²) in [6.45, 7) is 2.59. The maximum Gasteiger partial charge on any atom is 0.0991 e. The van der Waals surface area contributed by atoms with Crippen LogP contribution >= 0.6 is 11.6 Å². The highest BCUT2D eigenvalue weighted by Gasteiger charge is 2.25. The van der Waals surface area contributed by atoms with E-state index in [1.54, 1.807) is 24.3 Å². The second-order valence-electron chi connectivity index (χ2n) is 5.89. The molecule has 0 aromatic heterocycles. The van der Waals surface area contributed by atoms with E-state index in [4.69, 9.17) is 21.6 Å². The molecule has 124 valence electrons. The van der Waals surface area contributed by atoms with Crippen LogP contribution < -0.4 is 0 Å². The van der Waals surface area contributed by atoms with Gasteiger partial charge in [-0.15, -0.1) is 0 Å². The Morgan fingerprint density at radius 3 is 2.71 bits per heavy atom. The Morgan fingerprint density at radius 1 is 1.25 bits per heavy atom. The lowest BCUT2D eigenvalue weighted by atomic mass is 10.0. The van der Waals surface area contributed by atoms with Gasteiger partial charge in [-0.3, -0.25) is 4.90 Å². The molecule has 0 radical (unpaired) electrons. The summed E-state index contributed by atoms with van der Waals surface area (Å²) >= 11 is 6.26. The van der Waals surface area contributed by atoms with Crippen LogP contribution in [-0.4, -0.2) is 36.2 Å². The van der Waals surface area contributed by atoms with E-state index in [2.05, 4.69) is 11.0 Å². The normalized spacial score (nSPS) is 19.6. The summed E-state index contributed by atoms with van der Waals surface area (Å²) in [7, 11) is 0. The summed E-state index contributed by atoms with van der Waals surface area (Å²) in [6.07, 6.45) is -0.677. The van der Waals surface area contributed by atoms with Crippen LogP contribution in [0.3, 0.4) is 0 Å². The lowest BCUT2D eigenvalue weighted by Gasteiger charge is -2.34. The van der Waals surface area contributed by atoms with Crippen molar-refractivity contribution in [3.05, 3.63) is 70.2 Å². The molecule has 1 saturated heterocycles. The van der Waals surface area contributed by atoms with Gasteiger partial charge in [-0.05, 0) is 23.8 Å². The van der Waals surface area contributed by atoms with Crippen molar-refractivity contribution in [3.63, 3.8) is 0 Å². The van der Waals surface area contributed by atoms with Gasteiger partial charge in [0.05, 0.1) is 30.4 Å². The molecule has 4 nitrogen and oxygen atoms in total. The molecule has 5 heteroatoms. The van der Waals surface area contributed by atoms with Crippen LogP contribution in [-0.2, 0) is 4.74 Å². The smallest absolute Gasteiger partial charge is 0.0991 e. The van der Waals surface area contributed by atoms with E-state index >= 15 is 0 Å². The molecule has 0 aliphatic carbocycles. The summed E-state index contributed by atoms with van der Waals surface area (Å²) in [5, 5.41) is 20.0. The van der Waals surface area contributed by atoms with Crippen molar-refractivity contribution >= 4 is 11.6 Å². The number of hydrogen-bond donors (Lipinski definition) is 1. The third kappa shape index (κ3) is 3.95. The van der Waals surface area contributed by atoms with Crippen molar-refractivity contribution in [3.8, 4) is 6.07 Å². The highest BCUT2D eigenvalue weighted by atomic mass is 35.5. The number of rotatable bonds is 4. The SMILES string of the molecule is N#Cc1ccc(C(O)CN2CCOC(c3ccccc3Cl)C2)cc1. The van der Waals surface area contributed by atoms with E-state index in [0.29, 0.717) is 30.3 Å². The number of ether oxygens (including phenoxy) is 1. The molecule has 0 spiro atoms. The number of aliphatic hydroxyl groups excluding tert-OH is 1. The van der Waals surface area contributed by atoms with Crippen LogP contribution in [0.5, 0.6) is 0 Å². The summed E-state index contributed by atoms with van der Waals surface area (Å²) in [5.74, 6) is 0. The Kier molecular flexibility index (Phi) is 5.49. The maximum absolute atomic E-state index is 10.5. The molecule has 2 aromatic rings. The second kappa shape index (κ2) is 7.78. The number of β-amino-alcohol motifs (C(OH)–C–C–N with tert-alkyl or cyclic N) is 1. The van der Waals surface area contributed by atoms with Crippen molar-refractivity contribution in [2.24, 2.45) is 0 Å². The molecule has 24 heavy (non-hydrogen) atoms. The molecular formula is C19H19ClN2O2. The van der Waals surface area contributed by atoms with Gasteiger partial charge >= 0.3 is 0 Å². The third-order valence-corrected chi connectivity index (χ3v) is 4.60. The number of halogens is 1. The number of morpholine rings is 1. The van der Waals surface area contributed by atoms with Crippen LogP contribution in [0.4, 0.5) is 0 Å². The van der Waals surface area contributed by atoms with Gasteiger partial charge in [0.25, 0.3) is 0 Å². The van der Waals surface area contributed by atoms with Gasteiger partial charge in [-0.25, -0.2) is 0 Å². The summed E-state index contributed by atoms with van der Waals surface area (Å²) in [5.41, 5.74) is 2.39. The molecule has 2 aromatic carbocycles. The van der Waals surface area contributed by atoms with Crippen LogP contribution in [0.1, 0.15) is 28.9 Å².